The third-order valence-electron chi connectivity index (χ3n) is 7.52. The number of hydrogen-bond donors (Lipinski definition) is 2. The van der Waals surface area contributed by atoms with Crippen LogP contribution in [0.1, 0.15) is 62.6 Å². The van der Waals surface area contributed by atoms with Gasteiger partial charge in [0.15, 0.2) is 0 Å². The Morgan fingerprint density at radius 1 is 0.935 bits per heavy atom. The van der Waals surface area contributed by atoms with Crippen molar-refractivity contribution < 1.29 is 4.74 Å². The normalized spacial score (nSPS) is 21.1. The van der Waals surface area contributed by atoms with E-state index in [0.29, 0.717) is 0 Å². The van der Waals surface area contributed by atoms with E-state index in [1.165, 1.54) is 60.2 Å². The number of benzene rings is 2. The van der Waals surface area contributed by atoms with Gasteiger partial charge in [-0.05, 0) is 47.6 Å². The molecule has 2 fully saturated rings. The van der Waals surface area contributed by atoms with Gasteiger partial charge in [0, 0.05) is 55.6 Å². The molecule has 0 spiro atoms. The summed E-state index contributed by atoms with van der Waals surface area (Å²) in [5.74, 6) is 1.72. The second-order valence-corrected chi connectivity index (χ2v) is 10.2. The van der Waals surface area contributed by atoms with E-state index < -0.39 is 0 Å². The van der Waals surface area contributed by atoms with Gasteiger partial charge >= 0.3 is 0 Å². The van der Waals surface area contributed by atoms with Crippen molar-refractivity contribution >= 4 is 11.4 Å². The lowest BCUT2D eigenvalue weighted by Crippen LogP contribution is -2.42. The molecule has 166 valence electrons. The lowest BCUT2D eigenvalue weighted by atomic mass is 9.74. The summed E-state index contributed by atoms with van der Waals surface area (Å²) in [6.45, 7) is 11.0. The molecule has 2 aliphatic heterocycles. The van der Waals surface area contributed by atoms with E-state index in [2.05, 4.69) is 65.8 Å². The van der Waals surface area contributed by atoms with E-state index in [1.54, 1.807) is 0 Å². The van der Waals surface area contributed by atoms with E-state index in [-0.39, 0.29) is 5.41 Å². The largest absolute Gasteiger partial charge is 0.493 e. The van der Waals surface area contributed by atoms with Crippen LogP contribution in [0.5, 0.6) is 5.75 Å². The fourth-order valence-corrected chi connectivity index (χ4v) is 5.56. The Hall–Kier alpha value is -2.04. The van der Waals surface area contributed by atoms with Crippen molar-refractivity contribution in [3.63, 3.8) is 0 Å². The maximum atomic E-state index is 6.22. The molecule has 2 aromatic rings. The summed E-state index contributed by atoms with van der Waals surface area (Å²) in [7, 11) is 0. The monoisotopic (exact) mass is 419 g/mol. The Morgan fingerprint density at radius 2 is 1.74 bits per heavy atom. The highest BCUT2D eigenvalue weighted by atomic mass is 16.5. The van der Waals surface area contributed by atoms with Gasteiger partial charge in [0.2, 0.25) is 0 Å². The van der Waals surface area contributed by atoms with Crippen molar-refractivity contribution in [2.45, 2.75) is 57.9 Å². The predicted molar refractivity (Wildman–Crippen MR) is 129 cm³/mol. The van der Waals surface area contributed by atoms with Crippen molar-refractivity contribution in [2.75, 3.05) is 38.1 Å². The molecule has 4 nitrogen and oxygen atoms in total. The zero-order valence-electron chi connectivity index (χ0n) is 19.2. The fourth-order valence-electron chi connectivity index (χ4n) is 5.56. The summed E-state index contributed by atoms with van der Waals surface area (Å²) in [5.41, 5.74) is 6.54. The molecular weight excluding hydrogens is 382 g/mol. The summed E-state index contributed by atoms with van der Waals surface area (Å²) in [6.07, 6.45) is 6.76. The first-order valence-corrected chi connectivity index (χ1v) is 12.2. The Balaban J connectivity index is 1.33. The molecule has 1 aliphatic carbocycles. The summed E-state index contributed by atoms with van der Waals surface area (Å²) in [6, 6.07) is 13.6. The quantitative estimate of drug-likeness (QED) is 0.677. The molecule has 0 radical (unpaired) electrons. The molecule has 2 heterocycles. The van der Waals surface area contributed by atoms with Crippen LogP contribution in [-0.4, -0.2) is 37.7 Å². The maximum absolute atomic E-state index is 6.22. The summed E-state index contributed by atoms with van der Waals surface area (Å²) >= 11 is 0. The number of nitrogens with one attached hydrogen (secondary N) is 2. The van der Waals surface area contributed by atoms with E-state index in [0.717, 1.165) is 51.0 Å². The van der Waals surface area contributed by atoms with Crippen LogP contribution in [-0.2, 0) is 12.0 Å². The lowest BCUT2D eigenvalue weighted by molar-refractivity contribution is 0.209. The summed E-state index contributed by atoms with van der Waals surface area (Å²) < 4.78 is 6.22. The Bertz CT molecular complexity index is 911. The first-order chi connectivity index (χ1) is 15.1. The molecule has 1 saturated heterocycles. The van der Waals surface area contributed by atoms with Gasteiger partial charge in [-0.1, -0.05) is 51.3 Å². The van der Waals surface area contributed by atoms with Crippen molar-refractivity contribution in [3.05, 3.63) is 53.1 Å². The van der Waals surface area contributed by atoms with Crippen LogP contribution in [0.15, 0.2) is 36.4 Å². The van der Waals surface area contributed by atoms with Crippen molar-refractivity contribution in [3.8, 4) is 5.75 Å². The smallest absolute Gasteiger partial charge is 0.121 e. The number of hydrogen-bond acceptors (Lipinski definition) is 4. The average molecular weight is 420 g/mol. The van der Waals surface area contributed by atoms with Crippen LogP contribution in [0.3, 0.4) is 0 Å². The van der Waals surface area contributed by atoms with Gasteiger partial charge in [-0.2, -0.15) is 0 Å². The number of fused-ring (bicyclic) bond motifs is 2. The van der Waals surface area contributed by atoms with Crippen molar-refractivity contribution in [1.82, 2.24) is 10.2 Å². The maximum Gasteiger partial charge on any atom is 0.121 e. The van der Waals surface area contributed by atoms with Crippen LogP contribution in [0.4, 0.5) is 11.4 Å². The van der Waals surface area contributed by atoms with Crippen LogP contribution in [0.2, 0.25) is 0 Å². The number of ether oxygens (including phenoxy) is 1. The summed E-state index contributed by atoms with van der Waals surface area (Å²) in [4.78, 5) is 2.55. The van der Waals surface area contributed by atoms with E-state index >= 15 is 0 Å². The molecule has 2 N–H and O–H groups in total. The molecule has 31 heavy (non-hydrogen) atoms. The standard InChI is InChI=1S/C27H37N3O/c1-27(2)23-10-9-22(31-19-20-6-4-3-5-7-20)17-26(23)29-25-11-8-21(16-24(25)27)18-30-14-12-28-13-15-30/h8-11,16-17,20,28-29H,3-7,12-15,18-19H2,1-2H3. The highest BCUT2D eigenvalue weighted by Crippen LogP contribution is 2.46. The molecular formula is C27H37N3O. The SMILES string of the molecule is CC1(C)c2ccc(OCC3CCCCC3)cc2Nc2ccc(CN3CCNCC3)cc21. The van der Waals surface area contributed by atoms with Gasteiger partial charge in [0.25, 0.3) is 0 Å². The topological polar surface area (TPSA) is 36.5 Å². The third kappa shape index (κ3) is 4.47. The summed E-state index contributed by atoms with van der Waals surface area (Å²) in [5, 5.41) is 7.15. The molecule has 0 unspecified atom stereocenters. The molecule has 3 aliphatic rings. The molecule has 0 aromatic heterocycles. The fraction of sp³-hybridized carbons (Fsp3) is 0.556. The Kier molecular flexibility index (Phi) is 5.94. The minimum Gasteiger partial charge on any atom is -0.493 e. The lowest BCUT2D eigenvalue weighted by Gasteiger charge is -2.36. The Labute approximate surface area is 187 Å². The highest BCUT2D eigenvalue weighted by molar-refractivity contribution is 5.76. The second-order valence-electron chi connectivity index (χ2n) is 10.2. The van der Waals surface area contributed by atoms with Gasteiger partial charge in [0.05, 0.1) is 6.61 Å². The first-order valence-electron chi connectivity index (χ1n) is 12.2. The number of anilines is 2. The molecule has 1 saturated carbocycles. The zero-order chi connectivity index (χ0) is 21.3. The van der Waals surface area contributed by atoms with Gasteiger partial charge < -0.3 is 15.4 Å². The van der Waals surface area contributed by atoms with Crippen molar-refractivity contribution in [2.24, 2.45) is 5.92 Å². The molecule has 4 heteroatoms. The third-order valence-corrected chi connectivity index (χ3v) is 7.52. The highest BCUT2D eigenvalue weighted by Gasteiger charge is 2.33. The second kappa shape index (κ2) is 8.84. The minimum atomic E-state index is -0.0305. The predicted octanol–water partition coefficient (Wildman–Crippen LogP) is 5.43. The van der Waals surface area contributed by atoms with Gasteiger partial charge in [0.1, 0.15) is 5.75 Å². The van der Waals surface area contributed by atoms with Gasteiger partial charge in [-0.25, -0.2) is 0 Å². The van der Waals surface area contributed by atoms with Crippen molar-refractivity contribution in [1.29, 1.82) is 0 Å². The van der Waals surface area contributed by atoms with E-state index in [4.69, 9.17) is 4.74 Å². The van der Waals surface area contributed by atoms with Crippen LogP contribution < -0.4 is 15.4 Å². The number of rotatable bonds is 5. The molecule has 0 atom stereocenters. The van der Waals surface area contributed by atoms with E-state index in [1.807, 2.05) is 0 Å². The van der Waals surface area contributed by atoms with Crippen LogP contribution in [0.25, 0.3) is 0 Å². The van der Waals surface area contributed by atoms with Crippen LogP contribution >= 0.6 is 0 Å². The zero-order valence-corrected chi connectivity index (χ0v) is 19.2. The number of piperazine rings is 1. The van der Waals surface area contributed by atoms with E-state index in [9.17, 15) is 0 Å². The van der Waals surface area contributed by atoms with Crippen LogP contribution in [0, 0.1) is 5.92 Å². The molecule has 5 rings (SSSR count). The molecule has 0 bridgehead atoms. The van der Waals surface area contributed by atoms with Gasteiger partial charge in [-0.3, -0.25) is 4.90 Å². The minimum absolute atomic E-state index is 0.0305. The molecule has 0 amide bonds. The molecule has 2 aromatic carbocycles. The van der Waals surface area contributed by atoms with Gasteiger partial charge in [-0.15, -0.1) is 0 Å². The Morgan fingerprint density at radius 3 is 2.55 bits per heavy atom. The average Bonchev–Trinajstić information content (AvgIpc) is 2.79. The first kappa shape index (κ1) is 20.8. The number of nitrogens with zero attached hydrogens (tertiary/aromatic N) is 1.